The number of hydrazone groups is 1. The van der Waals surface area contributed by atoms with E-state index in [2.05, 4.69) is 15.8 Å². The summed E-state index contributed by atoms with van der Waals surface area (Å²) >= 11 is 0. The van der Waals surface area contributed by atoms with E-state index in [9.17, 15) is 18.0 Å². The summed E-state index contributed by atoms with van der Waals surface area (Å²) in [4.78, 5) is 24.9. The minimum Gasteiger partial charge on any atom is -0.495 e. The summed E-state index contributed by atoms with van der Waals surface area (Å²) in [6.07, 6.45) is 1.41. The number of sulfonamides is 1. The first-order valence-corrected chi connectivity index (χ1v) is 13.9. The van der Waals surface area contributed by atoms with E-state index in [0.717, 1.165) is 4.31 Å². The molecule has 0 radical (unpaired) electrons. The van der Waals surface area contributed by atoms with Crippen LogP contribution in [0.5, 0.6) is 11.5 Å². The first-order valence-electron chi connectivity index (χ1n) is 12.5. The highest BCUT2D eigenvalue weighted by atomic mass is 32.2. The highest BCUT2D eigenvalue weighted by Gasteiger charge is 2.29. The number of carbonyl (C=O) groups is 2. The lowest BCUT2D eigenvalue weighted by Gasteiger charge is -2.25. The Morgan fingerprint density at radius 3 is 2.15 bits per heavy atom. The van der Waals surface area contributed by atoms with E-state index in [1.807, 2.05) is 18.2 Å². The second-order valence-electron chi connectivity index (χ2n) is 8.56. The third-order valence-electron chi connectivity index (χ3n) is 5.68. The molecular weight excluding hydrogens is 544 g/mol. The maximum atomic E-state index is 13.5. The second-order valence-corrected chi connectivity index (χ2v) is 10.4. The van der Waals surface area contributed by atoms with Crippen molar-refractivity contribution >= 4 is 39.4 Å². The topological polar surface area (TPSA) is 126 Å². The number of ether oxygens (including phenoxy) is 2. The van der Waals surface area contributed by atoms with Crippen LogP contribution < -0.4 is 24.5 Å². The number of para-hydroxylation sites is 3. The zero-order valence-corrected chi connectivity index (χ0v) is 23.0. The summed E-state index contributed by atoms with van der Waals surface area (Å²) in [6, 6.07) is 30.1. The molecule has 2 N–H and O–H groups in total. The van der Waals surface area contributed by atoms with Crippen LogP contribution in [0.15, 0.2) is 119 Å². The first-order chi connectivity index (χ1) is 19.9. The maximum Gasteiger partial charge on any atom is 0.264 e. The standard InChI is InChI=1S/C30H28N4O6S/c1-39-28-15-9-8-14-27(28)34(41(37,38)26-12-6-3-7-13-26)21-29(35)33-31-20-23-16-18-25(19-17-23)40-22-30(36)32-24-10-4-2-5-11-24/h2-20H,21-22H2,1H3,(H,32,36)(H,33,35)/b31-20-. The molecule has 0 spiro atoms. The van der Waals surface area contributed by atoms with Crippen molar-refractivity contribution in [2.45, 2.75) is 4.90 Å². The van der Waals surface area contributed by atoms with Gasteiger partial charge >= 0.3 is 0 Å². The van der Waals surface area contributed by atoms with Crippen LogP contribution in [0.25, 0.3) is 0 Å². The fourth-order valence-electron chi connectivity index (χ4n) is 3.72. The highest BCUT2D eigenvalue weighted by molar-refractivity contribution is 7.92. The van der Waals surface area contributed by atoms with E-state index >= 15 is 0 Å². The van der Waals surface area contributed by atoms with Crippen LogP contribution in [0.1, 0.15) is 5.56 Å². The molecule has 4 aromatic rings. The van der Waals surface area contributed by atoms with Crippen molar-refractivity contribution in [3.63, 3.8) is 0 Å². The van der Waals surface area contributed by atoms with Crippen molar-refractivity contribution in [2.24, 2.45) is 5.10 Å². The minimum atomic E-state index is -4.10. The Bertz CT molecular complexity index is 1600. The molecule has 41 heavy (non-hydrogen) atoms. The van der Waals surface area contributed by atoms with Gasteiger partial charge in [0.25, 0.3) is 21.8 Å². The molecule has 0 saturated carbocycles. The van der Waals surface area contributed by atoms with E-state index < -0.39 is 22.5 Å². The van der Waals surface area contributed by atoms with Gasteiger partial charge in [-0.15, -0.1) is 0 Å². The number of hydrogen-bond acceptors (Lipinski definition) is 7. The number of amides is 2. The van der Waals surface area contributed by atoms with Crippen molar-refractivity contribution in [3.05, 3.63) is 115 Å². The molecule has 4 aromatic carbocycles. The summed E-state index contributed by atoms with van der Waals surface area (Å²) in [5.74, 6) is -0.173. The van der Waals surface area contributed by atoms with E-state index in [1.165, 1.54) is 25.5 Å². The van der Waals surface area contributed by atoms with Crippen LogP contribution in [-0.4, -0.2) is 46.7 Å². The number of methoxy groups -OCH3 is 1. The lowest BCUT2D eigenvalue weighted by atomic mass is 10.2. The predicted molar refractivity (Wildman–Crippen MR) is 157 cm³/mol. The zero-order chi connectivity index (χ0) is 29.1. The molecule has 4 rings (SSSR count). The lowest BCUT2D eigenvalue weighted by molar-refractivity contribution is -0.119. The molecule has 0 aliphatic heterocycles. The van der Waals surface area contributed by atoms with Gasteiger partial charge in [0.1, 0.15) is 18.0 Å². The van der Waals surface area contributed by atoms with Gasteiger partial charge in [-0.3, -0.25) is 13.9 Å². The van der Waals surface area contributed by atoms with Crippen molar-refractivity contribution in [1.82, 2.24) is 5.43 Å². The lowest BCUT2D eigenvalue weighted by Crippen LogP contribution is -2.39. The third-order valence-corrected chi connectivity index (χ3v) is 7.46. The molecule has 11 heteroatoms. The van der Waals surface area contributed by atoms with Gasteiger partial charge in [0.05, 0.1) is 23.9 Å². The summed E-state index contributed by atoms with van der Waals surface area (Å²) in [6.45, 7) is -0.695. The van der Waals surface area contributed by atoms with Gasteiger partial charge in [0.2, 0.25) is 0 Å². The van der Waals surface area contributed by atoms with E-state index in [-0.39, 0.29) is 23.1 Å². The first kappa shape index (κ1) is 28.8. The quantitative estimate of drug-likeness (QED) is 0.195. The molecule has 0 unspecified atom stereocenters. The SMILES string of the molecule is COc1ccccc1N(CC(=O)N/N=C\c1ccc(OCC(=O)Nc2ccccc2)cc1)S(=O)(=O)c1ccccc1. The number of nitrogens with one attached hydrogen (secondary N) is 2. The maximum absolute atomic E-state index is 13.5. The number of carbonyl (C=O) groups excluding carboxylic acids is 2. The summed E-state index contributed by atoms with van der Waals surface area (Å²) in [5, 5.41) is 6.69. The Morgan fingerprint density at radius 2 is 1.46 bits per heavy atom. The summed E-state index contributed by atoms with van der Waals surface area (Å²) in [5.41, 5.74) is 3.91. The number of hydrogen-bond donors (Lipinski definition) is 2. The van der Waals surface area contributed by atoms with Gasteiger partial charge in [-0.2, -0.15) is 5.10 Å². The second kappa shape index (κ2) is 13.8. The van der Waals surface area contributed by atoms with Crippen molar-refractivity contribution < 1.29 is 27.5 Å². The van der Waals surface area contributed by atoms with Crippen LogP contribution in [-0.2, 0) is 19.6 Å². The number of nitrogens with zero attached hydrogens (tertiary/aromatic N) is 2. The van der Waals surface area contributed by atoms with E-state index in [4.69, 9.17) is 9.47 Å². The summed E-state index contributed by atoms with van der Waals surface area (Å²) in [7, 11) is -2.67. The highest BCUT2D eigenvalue weighted by Crippen LogP contribution is 2.32. The molecule has 0 atom stereocenters. The van der Waals surface area contributed by atoms with Crippen molar-refractivity contribution in [1.29, 1.82) is 0 Å². The predicted octanol–water partition coefficient (Wildman–Crippen LogP) is 4.06. The molecule has 10 nitrogen and oxygen atoms in total. The molecule has 0 fully saturated rings. The Hall–Kier alpha value is -5.16. The van der Waals surface area contributed by atoms with Crippen molar-refractivity contribution in [3.8, 4) is 11.5 Å². The molecular formula is C30H28N4O6S. The fourth-order valence-corrected chi connectivity index (χ4v) is 5.17. The molecule has 0 aliphatic carbocycles. The van der Waals surface area contributed by atoms with Gasteiger partial charge in [-0.25, -0.2) is 13.8 Å². The largest absolute Gasteiger partial charge is 0.495 e. The van der Waals surface area contributed by atoms with Crippen molar-refractivity contribution in [2.75, 3.05) is 29.9 Å². The monoisotopic (exact) mass is 572 g/mol. The Balaban J connectivity index is 1.37. The molecule has 0 aromatic heterocycles. The molecule has 210 valence electrons. The molecule has 2 amide bonds. The Kier molecular flexibility index (Phi) is 9.68. The normalized spacial score (nSPS) is 11.0. The number of benzene rings is 4. The molecule has 0 saturated heterocycles. The zero-order valence-electron chi connectivity index (χ0n) is 22.1. The van der Waals surface area contributed by atoms with Gasteiger partial charge < -0.3 is 14.8 Å². The minimum absolute atomic E-state index is 0.0297. The fraction of sp³-hybridized carbons (Fsp3) is 0.100. The Morgan fingerprint density at radius 1 is 0.829 bits per heavy atom. The molecule has 0 bridgehead atoms. The number of rotatable bonds is 12. The molecule has 0 heterocycles. The van der Waals surface area contributed by atoms with Gasteiger partial charge in [0, 0.05) is 5.69 Å². The van der Waals surface area contributed by atoms with Gasteiger partial charge in [-0.05, 0) is 66.2 Å². The van der Waals surface area contributed by atoms with Crippen LogP contribution in [0.3, 0.4) is 0 Å². The summed E-state index contributed by atoms with van der Waals surface area (Å²) < 4.78 is 38.8. The smallest absolute Gasteiger partial charge is 0.264 e. The van der Waals surface area contributed by atoms with Gasteiger partial charge in [0.15, 0.2) is 6.61 Å². The van der Waals surface area contributed by atoms with E-state index in [1.54, 1.807) is 78.9 Å². The third kappa shape index (κ3) is 7.93. The average Bonchev–Trinajstić information content (AvgIpc) is 3.00. The van der Waals surface area contributed by atoms with Crippen LogP contribution in [0.2, 0.25) is 0 Å². The average molecular weight is 573 g/mol. The van der Waals surface area contributed by atoms with Crippen LogP contribution in [0, 0.1) is 0 Å². The molecule has 0 aliphatic rings. The van der Waals surface area contributed by atoms with Crippen LogP contribution >= 0.6 is 0 Å². The van der Waals surface area contributed by atoms with Crippen LogP contribution in [0.4, 0.5) is 11.4 Å². The van der Waals surface area contributed by atoms with Gasteiger partial charge in [-0.1, -0.05) is 48.5 Å². The number of anilines is 2. The van der Waals surface area contributed by atoms with E-state index in [0.29, 0.717) is 22.7 Å². The Labute approximate surface area is 238 Å².